The molecule has 2 aromatic rings. The van der Waals surface area contributed by atoms with Crippen LogP contribution in [0.4, 0.5) is 0 Å². The van der Waals surface area contributed by atoms with Crippen LogP contribution in [0.2, 0.25) is 0 Å². The van der Waals surface area contributed by atoms with Gasteiger partial charge in [-0.15, -0.1) is 0 Å². The smallest absolute Gasteiger partial charge is 0.137 e. The highest BCUT2D eigenvalue weighted by Crippen LogP contribution is 2.22. The fourth-order valence-electron chi connectivity index (χ4n) is 3.16. The van der Waals surface area contributed by atoms with Crippen LogP contribution < -0.4 is 5.73 Å². The van der Waals surface area contributed by atoms with E-state index in [-0.39, 0.29) is 0 Å². The number of pyridine rings is 1. The lowest BCUT2D eigenvalue weighted by Crippen LogP contribution is -2.38. The number of hydrogen-bond acceptors (Lipinski definition) is 3. The number of fused-ring (bicyclic) bond motifs is 1. The van der Waals surface area contributed by atoms with Crippen LogP contribution in [0.1, 0.15) is 36.9 Å². The van der Waals surface area contributed by atoms with E-state index in [4.69, 9.17) is 10.7 Å². The van der Waals surface area contributed by atoms with Gasteiger partial charge in [0.05, 0.1) is 5.69 Å². The first-order valence-corrected chi connectivity index (χ1v) is 7.52. The monoisotopic (exact) mass is 272 g/mol. The first-order valence-electron chi connectivity index (χ1n) is 7.52. The van der Waals surface area contributed by atoms with Gasteiger partial charge in [-0.25, -0.2) is 4.98 Å². The van der Waals surface area contributed by atoms with Crippen molar-refractivity contribution in [2.24, 2.45) is 5.73 Å². The molecule has 0 aromatic carbocycles. The molecule has 0 saturated heterocycles. The number of nitrogens with zero attached hydrogens (tertiary/aromatic N) is 3. The molecule has 0 spiro atoms. The van der Waals surface area contributed by atoms with Crippen molar-refractivity contribution in [3.05, 3.63) is 35.8 Å². The van der Waals surface area contributed by atoms with Crippen LogP contribution in [0.15, 0.2) is 24.5 Å². The Morgan fingerprint density at radius 3 is 2.75 bits per heavy atom. The highest BCUT2D eigenvalue weighted by atomic mass is 15.1. The van der Waals surface area contributed by atoms with E-state index in [9.17, 15) is 0 Å². The summed E-state index contributed by atoms with van der Waals surface area (Å²) in [5.41, 5.74) is 9.42. The maximum absolute atomic E-state index is 5.98. The molecule has 1 aliphatic carbocycles. The van der Waals surface area contributed by atoms with E-state index in [0.717, 1.165) is 30.7 Å². The molecular weight excluding hydrogens is 248 g/mol. The van der Waals surface area contributed by atoms with E-state index < -0.39 is 0 Å². The van der Waals surface area contributed by atoms with Gasteiger partial charge in [0, 0.05) is 31.0 Å². The van der Waals surface area contributed by atoms with Gasteiger partial charge in [-0.05, 0) is 51.3 Å². The van der Waals surface area contributed by atoms with Gasteiger partial charge < -0.3 is 10.1 Å². The third-order valence-corrected chi connectivity index (χ3v) is 4.42. The zero-order valence-corrected chi connectivity index (χ0v) is 12.4. The number of nitrogens with two attached hydrogens (primary N) is 1. The summed E-state index contributed by atoms with van der Waals surface area (Å²) >= 11 is 0. The van der Waals surface area contributed by atoms with Crippen molar-refractivity contribution in [2.75, 3.05) is 7.05 Å². The molecule has 2 heterocycles. The third-order valence-electron chi connectivity index (χ3n) is 4.42. The summed E-state index contributed by atoms with van der Waals surface area (Å²) in [7, 11) is 2.21. The van der Waals surface area contributed by atoms with Crippen LogP contribution in [-0.4, -0.2) is 33.4 Å². The molecular formula is C16H24N4. The van der Waals surface area contributed by atoms with E-state index in [1.807, 2.05) is 0 Å². The van der Waals surface area contributed by atoms with Crippen LogP contribution in [0.5, 0.6) is 0 Å². The number of imidazole rings is 1. The molecule has 2 aromatic heterocycles. The Hall–Kier alpha value is -1.39. The predicted octanol–water partition coefficient (Wildman–Crippen LogP) is 2.34. The molecule has 3 rings (SSSR count). The van der Waals surface area contributed by atoms with Gasteiger partial charge >= 0.3 is 0 Å². The molecule has 1 fully saturated rings. The summed E-state index contributed by atoms with van der Waals surface area (Å²) in [6.45, 7) is 3.02. The average molecular weight is 272 g/mol. The van der Waals surface area contributed by atoms with Gasteiger partial charge in [0.25, 0.3) is 0 Å². The molecule has 0 atom stereocenters. The summed E-state index contributed by atoms with van der Waals surface area (Å²) in [5, 5.41) is 0. The van der Waals surface area contributed by atoms with E-state index in [1.54, 1.807) is 0 Å². The zero-order valence-electron chi connectivity index (χ0n) is 12.4. The first-order chi connectivity index (χ1) is 9.61. The highest BCUT2D eigenvalue weighted by molar-refractivity contribution is 5.41. The molecule has 0 bridgehead atoms. The molecule has 0 radical (unpaired) electrons. The van der Waals surface area contributed by atoms with Crippen LogP contribution in [0.25, 0.3) is 5.65 Å². The minimum atomic E-state index is 0.415. The van der Waals surface area contributed by atoms with Crippen molar-refractivity contribution in [3.63, 3.8) is 0 Å². The lowest BCUT2D eigenvalue weighted by molar-refractivity contribution is 0.175. The SMILES string of the molecule is Cc1ccc2nc(CN(C)C3CCC(N)CC3)cn2c1. The lowest BCUT2D eigenvalue weighted by atomic mass is 9.91. The zero-order chi connectivity index (χ0) is 14.1. The molecule has 0 amide bonds. The minimum Gasteiger partial charge on any atom is -0.328 e. The Bertz CT molecular complexity index is 581. The fraction of sp³-hybridized carbons (Fsp3) is 0.562. The average Bonchev–Trinajstić information content (AvgIpc) is 2.80. The molecule has 1 aliphatic rings. The summed E-state index contributed by atoms with van der Waals surface area (Å²) < 4.78 is 2.12. The number of aryl methyl sites for hydroxylation is 1. The van der Waals surface area contributed by atoms with Gasteiger partial charge in [0.1, 0.15) is 5.65 Å². The maximum Gasteiger partial charge on any atom is 0.137 e. The summed E-state index contributed by atoms with van der Waals surface area (Å²) in [6, 6.07) is 5.26. The number of aromatic nitrogens is 2. The van der Waals surface area contributed by atoms with E-state index in [0.29, 0.717) is 12.1 Å². The standard InChI is InChI=1S/C16H24N4/c1-12-3-8-16-18-14(11-20(16)9-12)10-19(2)15-6-4-13(17)5-7-15/h3,8-9,11,13,15H,4-7,10,17H2,1-2H3. The second kappa shape index (κ2) is 5.54. The largest absolute Gasteiger partial charge is 0.328 e. The van der Waals surface area contributed by atoms with Crippen LogP contribution in [0, 0.1) is 6.92 Å². The summed E-state index contributed by atoms with van der Waals surface area (Å²) in [6.07, 6.45) is 9.01. The van der Waals surface area contributed by atoms with Crippen molar-refractivity contribution in [2.45, 2.75) is 51.2 Å². The van der Waals surface area contributed by atoms with Crippen LogP contribution >= 0.6 is 0 Å². The van der Waals surface area contributed by atoms with Gasteiger partial charge in [-0.2, -0.15) is 0 Å². The van der Waals surface area contributed by atoms with Crippen molar-refractivity contribution < 1.29 is 0 Å². The van der Waals surface area contributed by atoms with Crippen molar-refractivity contribution >= 4 is 5.65 Å². The Morgan fingerprint density at radius 1 is 1.25 bits per heavy atom. The van der Waals surface area contributed by atoms with Crippen molar-refractivity contribution in [1.82, 2.24) is 14.3 Å². The van der Waals surface area contributed by atoms with Gasteiger partial charge in [-0.3, -0.25) is 4.90 Å². The van der Waals surface area contributed by atoms with Gasteiger partial charge in [0.2, 0.25) is 0 Å². The molecule has 20 heavy (non-hydrogen) atoms. The van der Waals surface area contributed by atoms with Crippen molar-refractivity contribution in [1.29, 1.82) is 0 Å². The third kappa shape index (κ3) is 2.86. The molecule has 108 valence electrons. The van der Waals surface area contributed by atoms with E-state index in [1.165, 1.54) is 18.4 Å². The topological polar surface area (TPSA) is 46.6 Å². The molecule has 2 N–H and O–H groups in total. The molecule has 1 saturated carbocycles. The molecule has 4 heteroatoms. The van der Waals surface area contributed by atoms with Crippen LogP contribution in [-0.2, 0) is 6.54 Å². The summed E-state index contributed by atoms with van der Waals surface area (Å²) in [5.74, 6) is 0. The Kier molecular flexibility index (Phi) is 3.76. The fourth-order valence-corrected chi connectivity index (χ4v) is 3.16. The molecule has 0 aliphatic heterocycles. The second-order valence-electron chi connectivity index (χ2n) is 6.19. The normalized spacial score (nSPS) is 23.6. The maximum atomic E-state index is 5.98. The van der Waals surface area contributed by atoms with Crippen LogP contribution in [0.3, 0.4) is 0 Å². The highest BCUT2D eigenvalue weighted by Gasteiger charge is 2.22. The van der Waals surface area contributed by atoms with Gasteiger partial charge in [0.15, 0.2) is 0 Å². The first kappa shape index (κ1) is 13.6. The van der Waals surface area contributed by atoms with E-state index >= 15 is 0 Å². The quantitative estimate of drug-likeness (QED) is 0.933. The predicted molar refractivity (Wildman–Crippen MR) is 81.6 cm³/mol. The lowest BCUT2D eigenvalue weighted by Gasteiger charge is -2.33. The minimum absolute atomic E-state index is 0.415. The summed E-state index contributed by atoms with van der Waals surface area (Å²) in [4.78, 5) is 7.13. The van der Waals surface area contributed by atoms with Gasteiger partial charge in [-0.1, -0.05) is 6.07 Å². The number of hydrogen-bond donors (Lipinski definition) is 1. The van der Waals surface area contributed by atoms with E-state index in [2.05, 4.69) is 47.8 Å². The Balaban J connectivity index is 1.69. The second-order valence-corrected chi connectivity index (χ2v) is 6.19. The molecule has 0 unspecified atom stereocenters. The Morgan fingerprint density at radius 2 is 2.00 bits per heavy atom. The van der Waals surface area contributed by atoms with Crippen molar-refractivity contribution in [3.8, 4) is 0 Å². The molecule has 4 nitrogen and oxygen atoms in total. The number of rotatable bonds is 3. The Labute approximate surface area is 120 Å².